The fourth-order valence-corrected chi connectivity index (χ4v) is 4.88. The Balaban J connectivity index is 1.46. The number of amides is 3. The van der Waals surface area contributed by atoms with Gasteiger partial charge < -0.3 is 24.8 Å². The summed E-state index contributed by atoms with van der Waals surface area (Å²) in [5.74, 6) is -0.515. The lowest BCUT2D eigenvalue weighted by Gasteiger charge is -2.37. The standard InChI is InChI=1S/C26H30N6O4/c1-26(2,3)36-25(35)29-21(23(33)31-9-5-8-19(31)13-28)16-30-15-20-11-22(30)24(34)32(20)14-18-7-4-6-17(10-18)12-27/h4,6-7,10-11,19-21H,5,8-9,14-16H2,1-3H3,(H,29,35)/t19?,20-,21?/m0/s1. The summed E-state index contributed by atoms with van der Waals surface area (Å²) in [6.07, 6.45) is 2.47. The van der Waals surface area contributed by atoms with Gasteiger partial charge in [-0.15, -0.1) is 0 Å². The highest BCUT2D eigenvalue weighted by Crippen LogP contribution is 2.31. The molecule has 0 aromatic heterocycles. The molecule has 0 aliphatic carbocycles. The van der Waals surface area contributed by atoms with Gasteiger partial charge in [-0.1, -0.05) is 12.1 Å². The summed E-state index contributed by atoms with van der Waals surface area (Å²) in [5, 5.41) is 21.3. The molecule has 3 aliphatic rings. The number of carbonyl (C=O) groups is 3. The fourth-order valence-electron chi connectivity index (χ4n) is 4.88. The van der Waals surface area contributed by atoms with Crippen molar-refractivity contribution >= 4 is 17.9 Å². The second kappa shape index (κ2) is 9.90. The molecule has 3 atom stereocenters. The van der Waals surface area contributed by atoms with Crippen molar-refractivity contribution in [2.45, 2.75) is 63.9 Å². The normalized spacial score (nSPS) is 21.6. The summed E-state index contributed by atoms with van der Waals surface area (Å²) in [5.41, 5.74) is 1.15. The number of likely N-dealkylation sites (tertiary alicyclic amines) is 1. The molecule has 3 aliphatic heterocycles. The molecule has 3 amide bonds. The predicted molar refractivity (Wildman–Crippen MR) is 129 cm³/mol. The van der Waals surface area contributed by atoms with Crippen LogP contribution < -0.4 is 5.32 Å². The van der Waals surface area contributed by atoms with Crippen molar-refractivity contribution in [1.29, 1.82) is 10.5 Å². The van der Waals surface area contributed by atoms with Crippen LogP contribution in [0.5, 0.6) is 0 Å². The first-order chi connectivity index (χ1) is 17.1. The second-order valence-electron chi connectivity index (χ2n) is 10.3. The first kappa shape index (κ1) is 25.1. The van der Waals surface area contributed by atoms with Gasteiger partial charge in [0.05, 0.1) is 23.7 Å². The van der Waals surface area contributed by atoms with Gasteiger partial charge in [0.1, 0.15) is 23.4 Å². The summed E-state index contributed by atoms with van der Waals surface area (Å²) >= 11 is 0. The number of nitriles is 2. The number of alkyl carbamates (subject to hydrolysis) is 1. The molecule has 1 fully saturated rings. The summed E-state index contributed by atoms with van der Waals surface area (Å²) in [6, 6.07) is 9.76. The number of carbonyl (C=O) groups excluding carboxylic acids is 3. The van der Waals surface area contributed by atoms with Crippen LogP contribution in [0, 0.1) is 22.7 Å². The van der Waals surface area contributed by atoms with Crippen LogP contribution in [0.15, 0.2) is 36.0 Å². The van der Waals surface area contributed by atoms with E-state index in [1.165, 1.54) is 4.90 Å². The molecule has 1 aromatic carbocycles. The lowest BCUT2D eigenvalue weighted by molar-refractivity contribution is -0.136. The minimum absolute atomic E-state index is 0.0958. The SMILES string of the molecule is CC(C)(C)OC(=O)NC(CN1C[C@@H]2C=C1C(=O)N2Cc1cccc(C#N)c1)C(=O)N1CCCC1C#N. The van der Waals surface area contributed by atoms with Crippen molar-refractivity contribution in [1.82, 2.24) is 20.0 Å². The maximum absolute atomic E-state index is 13.4. The van der Waals surface area contributed by atoms with Gasteiger partial charge in [0.25, 0.3) is 5.91 Å². The maximum Gasteiger partial charge on any atom is 0.408 e. The van der Waals surface area contributed by atoms with Gasteiger partial charge in [0.2, 0.25) is 5.91 Å². The lowest BCUT2D eigenvalue weighted by Crippen LogP contribution is -2.57. The van der Waals surface area contributed by atoms with Crippen molar-refractivity contribution in [2.75, 3.05) is 19.6 Å². The van der Waals surface area contributed by atoms with Crippen LogP contribution in [0.3, 0.4) is 0 Å². The number of nitrogens with one attached hydrogen (secondary N) is 1. The first-order valence-corrected chi connectivity index (χ1v) is 12.1. The number of nitrogens with zero attached hydrogens (tertiary/aromatic N) is 5. The average Bonchev–Trinajstić information content (AvgIpc) is 3.53. The minimum Gasteiger partial charge on any atom is -0.444 e. The Morgan fingerprint density at radius 1 is 1.28 bits per heavy atom. The molecule has 0 saturated carbocycles. The quantitative estimate of drug-likeness (QED) is 0.644. The van der Waals surface area contributed by atoms with Crippen LogP contribution in [0.2, 0.25) is 0 Å². The summed E-state index contributed by atoms with van der Waals surface area (Å²) in [6.45, 7) is 6.61. The van der Waals surface area contributed by atoms with Gasteiger partial charge >= 0.3 is 6.09 Å². The van der Waals surface area contributed by atoms with Crippen molar-refractivity contribution in [3.63, 3.8) is 0 Å². The van der Waals surface area contributed by atoms with Crippen molar-refractivity contribution in [3.8, 4) is 12.1 Å². The van der Waals surface area contributed by atoms with Gasteiger partial charge in [-0.3, -0.25) is 9.59 Å². The third kappa shape index (κ3) is 5.28. The molecule has 10 heteroatoms. The number of hydrogen-bond donors (Lipinski definition) is 1. The van der Waals surface area contributed by atoms with E-state index in [1.807, 2.05) is 17.0 Å². The Morgan fingerprint density at radius 2 is 2.06 bits per heavy atom. The number of benzene rings is 1. The third-order valence-corrected chi connectivity index (χ3v) is 6.46. The van der Waals surface area contributed by atoms with E-state index < -0.39 is 23.8 Å². The van der Waals surface area contributed by atoms with Crippen LogP contribution in [0.1, 0.15) is 44.7 Å². The van der Waals surface area contributed by atoms with Crippen LogP contribution >= 0.6 is 0 Å². The molecule has 36 heavy (non-hydrogen) atoms. The van der Waals surface area contributed by atoms with Gasteiger partial charge in [0.15, 0.2) is 0 Å². The minimum atomic E-state index is -0.970. The number of piperazine rings is 1. The molecule has 4 rings (SSSR count). The number of rotatable bonds is 6. The van der Waals surface area contributed by atoms with Crippen LogP contribution in [0.4, 0.5) is 4.79 Å². The van der Waals surface area contributed by atoms with Crippen molar-refractivity contribution in [2.24, 2.45) is 0 Å². The lowest BCUT2D eigenvalue weighted by atomic mass is 10.1. The molecule has 10 nitrogen and oxygen atoms in total. The monoisotopic (exact) mass is 490 g/mol. The molecule has 1 aromatic rings. The number of ether oxygens (including phenoxy) is 1. The zero-order valence-corrected chi connectivity index (χ0v) is 20.7. The third-order valence-electron chi connectivity index (χ3n) is 6.46. The molecule has 1 saturated heterocycles. The Labute approximate surface area is 210 Å². The summed E-state index contributed by atoms with van der Waals surface area (Å²) in [4.78, 5) is 44.1. The van der Waals surface area contributed by atoms with Crippen molar-refractivity contribution < 1.29 is 19.1 Å². The largest absolute Gasteiger partial charge is 0.444 e. The highest BCUT2D eigenvalue weighted by molar-refractivity contribution is 5.97. The van der Waals surface area contributed by atoms with Crippen LogP contribution in [-0.2, 0) is 20.9 Å². The van der Waals surface area contributed by atoms with Gasteiger partial charge in [0, 0.05) is 26.2 Å². The number of hydrogen-bond acceptors (Lipinski definition) is 7. The number of fused-ring (bicyclic) bond motifs is 1. The smallest absolute Gasteiger partial charge is 0.408 e. The molecule has 1 N–H and O–H groups in total. The predicted octanol–water partition coefficient (Wildman–Crippen LogP) is 1.88. The van der Waals surface area contributed by atoms with Gasteiger partial charge in [-0.2, -0.15) is 10.5 Å². The van der Waals surface area contributed by atoms with Crippen molar-refractivity contribution in [3.05, 3.63) is 47.2 Å². The molecule has 2 bridgehead atoms. The zero-order valence-electron chi connectivity index (χ0n) is 20.7. The molecular formula is C26H30N6O4. The first-order valence-electron chi connectivity index (χ1n) is 12.1. The van der Waals surface area contributed by atoms with Gasteiger partial charge in [-0.05, 0) is 57.4 Å². The Hall–Kier alpha value is -4.05. The van der Waals surface area contributed by atoms with Crippen LogP contribution in [0.25, 0.3) is 0 Å². The molecule has 188 valence electrons. The molecule has 2 unspecified atom stereocenters. The van der Waals surface area contributed by atoms with E-state index in [-0.39, 0.29) is 24.4 Å². The van der Waals surface area contributed by atoms with E-state index >= 15 is 0 Å². The molecule has 0 spiro atoms. The van der Waals surface area contributed by atoms with Gasteiger partial charge in [-0.25, -0.2) is 4.79 Å². The average molecular weight is 491 g/mol. The van der Waals surface area contributed by atoms with E-state index in [4.69, 9.17) is 10.00 Å². The molecular weight excluding hydrogens is 460 g/mol. The Bertz CT molecular complexity index is 1170. The fraction of sp³-hybridized carbons (Fsp3) is 0.500. The van der Waals surface area contributed by atoms with E-state index in [0.29, 0.717) is 37.3 Å². The maximum atomic E-state index is 13.4. The molecule has 0 radical (unpaired) electrons. The summed E-state index contributed by atoms with van der Waals surface area (Å²) in [7, 11) is 0. The van der Waals surface area contributed by atoms with Crippen LogP contribution in [-0.4, -0.2) is 76.0 Å². The van der Waals surface area contributed by atoms with E-state index in [2.05, 4.69) is 17.5 Å². The molecule has 3 heterocycles. The topological polar surface area (TPSA) is 130 Å². The highest BCUT2D eigenvalue weighted by Gasteiger charge is 2.44. The van der Waals surface area contributed by atoms with E-state index in [0.717, 1.165) is 12.0 Å². The zero-order chi connectivity index (χ0) is 26.0. The van der Waals surface area contributed by atoms with E-state index in [1.54, 1.807) is 43.9 Å². The highest BCUT2D eigenvalue weighted by atomic mass is 16.6. The van der Waals surface area contributed by atoms with E-state index in [9.17, 15) is 19.6 Å². The Morgan fingerprint density at radius 3 is 2.72 bits per heavy atom. The Kier molecular flexibility index (Phi) is 6.89. The summed E-state index contributed by atoms with van der Waals surface area (Å²) < 4.78 is 5.37. The second-order valence-corrected chi connectivity index (χ2v) is 10.3.